The zero-order chi connectivity index (χ0) is 22.6. The summed E-state index contributed by atoms with van der Waals surface area (Å²) in [6, 6.07) is 28.4. The molecule has 1 fully saturated rings. The minimum atomic E-state index is -0.547. The minimum Gasteiger partial charge on any atom is -0.492 e. The van der Waals surface area contributed by atoms with Crippen LogP contribution in [-0.2, 0) is 17.7 Å². The maximum Gasteiger partial charge on any atom is 0.422 e. The van der Waals surface area contributed by atoms with Gasteiger partial charge in [-0.05, 0) is 54.8 Å². The molecule has 1 aliphatic heterocycles. The fraction of sp³-hybridized carbons (Fsp3) is 0.222. The summed E-state index contributed by atoms with van der Waals surface area (Å²) in [4.78, 5) is 14.5. The van der Waals surface area contributed by atoms with Gasteiger partial charge in [0, 0.05) is 30.1 Å². The molecule has 0 amide bonds. The van der Waals surface area contributed by atoms with Gasteiger partial charge in [0.1, 0.15) is 0 Å². The van der Waals surface area contributed by atoms with Crippen molar-refractivity contribution in [3.8, 4) is 5.88 Å². The van der Waals surface area contributed by atoms with Crippen LogP contribution in [0.4, 0.5) is 17.1 Å². The number of hydrogen-bond acceptors (Lipinski definition) is 5. The lowest BCUT2D eigenvalue weighted by Crippen LogP contribution is -2.22. The molecule has 0 radical (unpaired) electrons. The Bertz CT molecular complexity index is 1200. The van der Waals surface area contributed by atoms with E-state index in [1.165, 1.54) is 4.57 Å². The van der Waals surface area contributed by atoms with E-state index in [2.05, 4.69) is 29.2 Å². The van der Waals surface area contributed by atoms with Crippen molar-refractivity contribution >= 4 is 17.1 Å². The third-order valence-corrected chi connectivity index (χ3v) is 5.93. The number of anilines is 3. The number of hydrogen-bond donors (Lipinski definition) is 1. The Labute approximate surface area is 192 Å². The average molecular weight is 443 g/mol. The van der Waals surface area contributed by atoms with E-state index in [9.17, 15) is 9.90 Å². The van der Waals surface area contributed by atoms with Crippen molar-refractivity contribution < 1.29 is 14.3 Å². The first-order chi connectivity index (χ1) is 16.2. The number of benzene rings is 3. The third-order valence-electron chi connectivity index (χ3n) is 5.93. The molecular formula is C27H26N2O4. The second-order valence-electron chi connectivity index (χ2n) is 8.21. The summed E-state index contributed by atoms with van der Waals surface area (Å²) in [5.74, 6) is -0.391. The number of nitrogens with zero attached hydrogens (tertiary/aromatic N) is 2. The van der Waals surface area contributed by atoms with Crippen LogP contribution in [0.25, 0.3) is 0 Å². The first-order valence-corrected chi connectivity index (χ1v) is 11.2. The average Bonchev–Trinajstić information content (AvgIpc) is 3.46. The highest BCUT2D eigenvalue weighted by Crippen LogP contribution is 2.34. The predicted molar refractivity (Wildman–Crippen MR) is 128 cm³/mol. The molecule has 6 nitrogen and oxygen atoms in total. The van der Waals surface area contributed by atoms with Crippen molar-refractivity contribution in [2.75, 3.05) is 11.5 Å². The second-order valence-corrected chi connectivity index (χ2v) is 8.21. The highest BCUT2D eigenvalue weighted by Gasteiger charge is 2.22. The topological polar surface area (TPSA) is 67.8 Å². The molecule has 1 atom stereocenters. The number of oxazole rings is 1. The van der Waals surface area contributed by atoms with E-state index in [-0.39, 0.29) is 17.7 Å². The molecule has 1 unspecified atom stereocenters. The smallest absolute Gasteiger partial charge is 0.422 e. The second kappa shape index (κ2) is 9.38. The molecule has 1 aromatic heterocycles. The largest absolute Gasteiger partial charge is 0.492 e. The van der Waals surface area contributed by atoms with E-state index < -0.39 is 5.76 Å². The maximum absolute atomic E-state index is 12.3. The fourth-order valence-corrected chi connectivity index (χ4v) is 4.26. The number of aromatic hydroxyl groups is 1. The molecule has 1 N–H and O–H groups in total. The molecule has 3 aromatic carbocycles. The summed E-state index contributed by atoms with van der Waals surface area (Å²) in [5.41, 5.74) is 4.07. The summed E-state index contributed by atoms with van der Waals surface area (Å²) in [5, 5.41) is 10.6. The standard InChI is InChI=1S/C27H26N2O4/c30-26-25(33-27(31)28(26)19-24-12-7-17-32-24)18-20-13-15-23(16-14-20)29(21-8-3-1-4-9-21)22-10-5-2-6-11-22/h1-6,8-11,13-16,24,30H,7,12,17-19H2. The highest BCUT2D eigenvalue weighted by molar-refractivity contribution is 5.76. The maximum atomic E-state index is 12.3. The third kappa shape index (κ3) is 4.56. The molecule has 0 saturated carbocycles. The van der Waals surface area contributed by atoms with E-state index in [4.69, 9.17) is 9.15 Å². The van der Waals surface area contributed by atoms with Crippen LogP contribution in [0.1, 0.15) is 24.2 Å². The van der Waals surface area contributed by atoms with E-state index in [0.717, 1.165) is 35.5 Å². The molecule has 4 aromatic rings. The Kier molecular flexibility index (Phi) is 6.00. The van der Waals surface area contributed by atoms with E-state index >= 15 is 0 Å². The lowest BCUT2D eigenvalue weighted by atomic mass is 10.1. The lowest BCUT2D eigenvalue weighted by Gasteiger charge is -2.25. The number of rotatable bonds is 7. The molecule has 0 bridgehead atoms. The normalized spacial score (nSPS) is 15.6. The number of ether oxygens (including phenoxy) is 1. The van der Waals surface area contributed by atoms with Gasteiger partial charge in [-0.2, -0.15) is 0 Å². The molecule has 0 aliphatic carbocycles. The van der Waals surface area contributed by atoms with Gasteiger partial charge in [0.2, 0.25) is 5.88 Å². The quantitative estimate of drug-likeness (QED) is 0.416. The van der Waals surface area contributed by atoms with Crippen LogP contribution in [0.2, 0.25) is 0 Å². The Balaban J connectivity index is 1.39. The van der Waals surface area contributed by atoms with Gasteiger partial charge in [-0.1, -0.05) is 48.5 Å². The molecular weight excluding hydrogens is 416 g/mol. The summed E-state index contributed by atoms with van der Waals surface area (Å²) in [7, 11) is 0. The first-order valence-electron chi connectivity index (χ1n) is 11.2. The Morgan fingerprint density at radius 3 is 2.06 bits per heavy atom. The van der Waals surface area contributed by atoms with Gasteiger partial charge in [-0.25, -0.2) is 9.36 Å². The summed E-state index contributed by atoms with van der Waals surface area (Å²) < 4.78 is 12.2. The van der Waals surface area contributed by atoms with Crippen molar-refractivity contribution in [3.63, 3.8) is 0 Å². The summed E-state index contributed by atoms with van der Waals surface area (Å²) >= 11 is 0. The van der Waals surface area contributed by atoms with Gasteiger partial charge >= 0.3 is 5.76 Å². The molecule has 6 heteroatoms. The molecule has 2 heterocycles. The zero-order valence-corrected chi connectivity index (χ0v) is 18.3. The fourth-order valence-electron chi connectivity index (χ4n) is 4.26. The van der Waals surface area contributed by atoms with Gasteiger partial charge in [0.15, 0.2) is 5.76 Å². The molecule has 33 heavy (non-hydrogen) atoms. The molecule has 168 valence electrons. The zero-order valence-electron chi connectivity index (χ0n) is 18.3. The molecule has 1 saturated heterocycles. The van der Waals surface area contributed by atoms with Crippen LogP contribution < -0.4 is 10.7 Å². The van der Waals surface area contributed by atoms with Crippen molar-refractivity contribution in [1.29, 1.82) is 0 Å². The van der Waals surface area contributed by atoms with Crippen molar-refractivity contribution in [2.45, 2.75) is 31.9 Å². The monoisotopic (exact) mass is 442 g/mol. The van der Waals surface area contributed by atoms with E-state index in [1.54, 1.807) is 0 Å². The molecule has 0 spiro atoms. The van der Waals surface area contributed by atoms with Gasteiger partial charge < -0.3 is 19.2 Å². The highest BCUT2D eigenvalue weighted by atomic mass is 16.5. The predicted octanol–water partition coefficient (Wildman–Crippen LogP) is 5.39. The van der Waals surface area contributed by atoms with Crippen LogP contribution in [0.5, 0.6) is 5.88 Å². The lowest BCUT2D eigenvalue weighted by molar-refractivity contribution is 0.0933. The van der Waals surface area contributed by atoms with Crippen LogP contribution in [0, 0.1) is 0 Å². The van der Waals surface area contributed by atoms with E-state index in [0.29, 0.717) is 19.6 Å². The van der Waals surface area contributed by atoms with Crippen molar-refractivity contribution in [2.24, 2.45) is 0 Å². The molecule has 1 aliphatic rings. The van der Waals surface area contributed by atoms with Crippen molar-refractivity contribution in [3.05, 3.63) is 107 Å². The van der Waals surface area contributed by atoms with Crippen molar-refractivity contribution in [1.82, 2.24) is 4.57 Å². The first kappa shape index (κ1) is 21.1. The van der Waals surface area contributed by atoms with Gasteiger partial charge in [0.05, 0.1) is 12.6 Å². The van der Waals surface area contributed by atoms with Gasteiger partial charge in [-0.15, -0.1) is 0 Å². The van der Waals surface area contributed by atoms with Crippen LogP contribution >= 0.6 is 0 Å². The Morgan fingerprint density at radius 2 is 1.48 bits per heavy atom. The van der Waals surface area contributed by atoms with Crippen LogP contribution in [0.3, 0.4) is 0 Å². The van der Waals surface area contributed by atoms with Gasteiger partial charge in [0.25, 0.3) is 0 Å². The van der Waals surface area contributed by atoms with Crippen LogP contribution in [0.15, 0.2) is 94.1 Å². The Hall–Kier alpha value is -3.77. The SMILES string of the molecule is O=c1oc(Cc2ccc(N(c3ccccc3)c3ccccc3)cc2)c(O)n1CC1CCCO1. The number of aromatic nitrogens is 1. The van der Waals surface area contributed by atoms with E-state index in [1.807, 2.05) is 60.7 Å². The number of para-hydroxylation sites is 2. The summed E-state index contributed by atoms with van der Waals surface area (Å²) in [6.07, 6.45) is 2.13. The minimum absolute atomic E-state index is 0.0553. The molecule has 5 rings (SSSR count). The summed E-state index contributed by atoms with van der Waals surface area (Å²) in [6.45, 7) is 1.01. The van der Waals surface area contributed by atoms with Crippen LogP contribution in [-0.4, -0.2) is 22.4 Å². The van der Waals surface area contributed by atoms with Gasteiger partial charge in [-0.3, -0.25) is 0 Å². The Morgan fingerprint density at radius 1 is 0.879 bits per heavy atom.